The summed E-state index contributed by atoms with van der Waals surface area (Å²) in [4.78, 5) is 0. The monoisotopic (exact) mass is 236 g/mol. The highest BCUT2D eigenvalue weighted by Crippen LogP contribution is 2.29. The maximum Gasteiger partial charge on any atom is 0.129 e. The largest absolute Gasteiger partial charge is 0.384 e. The van der Waals surface area contributed by atoms with Gasteiger partial charge in [0.1, 0.15) is 11.9 Å². The summed E-state index contributed by atoms with van der Waals surface area (Å²) in [6.07, 6.45) is -0.869. The number of aryl methyl sites for hydroxylation is 2. The average molecular weight is 236 g/mol. The van der Waals surface area contributed by atoms with Crippen molar-refractivity contribution < 1.29 is 9.50 Å². The molecule has 2 rings (SSSR count). The molecular formula is C13H13FOS. The summed E-state index contributed by atoms with van der Waals surface area (Å²) in [6.45, 7) is 3.80. The topological polar surface area (TPSA) is 20.2 Å². The van der Waals surface area contributed by atoms with Gasteiger partial charge in [-0.2, -0.15) is 11.3 Å². The maximum absolute atomic E-state index is 13.6. The van der Waals surface area contributed by atoms with Crippen LogP contribution in [0.2, 0.25) is 0 Å². The van der Waals surface area contributed by atoms with Gasteiger partial charge in [0.2, 0.25) is 0 Å². The van der Waals surface area contributed by atoms with E-state index in [1.807, 2.05) is 24.6 Å². The highest BCUT2D eigenvalue weighted by molar-refractivity contribution is 7.08. The zero-order chi connectivity index (χ0) is 11.7. The number of benzene rings is 1. The third kappa shape index (κ3) is 2.01. The van der Waals surface area contributed by atoms with E-state index in [0.29, 0.717) is 5.56 Å². The summed E-state index contributed by atoms with van der Waals surface area (Å²) in [6, 6.07) is 4.79. The van der Waals surface area contributed by atoms with E-state index in [4.69, 9.17) is 0 Å². The first-order valence-electron chi connectivity index (χ1n) is 5.06. The Balaban J connectivity index is 2.45. The SMILES string of the molecule is Cc1ccc(F)c(C(O)c2cscc2C)c1. The third-order valence-electron chi connectivity index (χ3n) is 2.64. The van der Waals surface area contributed by atoms with Crippen LogP contribution >= 0.6 is 11.3 Å². The first kappa shape index (κ1) is 11.3. The Labute approximate surface area is 98.2 Å². The molecule has 2 aromatic rings. The van der Waals surface area contributed by atoms with Crippen molar-refractivity contribution in [1.82, 2.24) is 0 Å². The van der Waals surface area contributed by atoms with Crippen LogP contribution in [0.4, 0.5) is 4.39 Å². The lowest BCUT2D eigenvalue weighted by atomic mass is 9.99. The molecule has 0 aliphatic heterocycles. The van der Waals surface area contributed by atoms with Crippen LogP contribution < -0.4 is 0 Å². The minimum absolute atomic E-state index is 0.349. The summed E-state index contributed by atoms with van der Waals surface area (Å²) >= 11 is 1.52. The van der Waals surface area contributed by atoms with Crippen molar-refractivity contribution in [2.75, 3.05) is 0 Å². The second-order valence-corrected chi connectivity index (χ2v) is 4.68. The van der Waals surface area contributed by atoms with E-state index in [-0.39, 0.29) is 5.82 Å². The van der Waals surface area contributed by atoms with Crippen LogP contribution in [-0.4, -0.2) is 5.11 Å². The quantitative estimate of drug-likeness (QED) is 0.845. The molecule has 1 unspecified atom stereocenters. The molecule has 1 aromatic heterocycles. The summed E-state index contributed by atoms with van der Waals surface area (Å²) in [5.41, 5.74) is 3.08. The molecule has 1 N–H and O–H groups in total. The molecule has 1 aromatic carbocycles. The Kier molecular flexibility index (Phi) is 3.08. The number of thiophene rings is 1. The van der Waals surface area contributed by atoms with Gasteiger partial charge >= 0.3 is 0 Å². The van der Waals surface area contributed by atoms with Gasteiger partial charge in [-0.15, -0.1) is 0 Å². The van der Waals surface area contributed by atoms with E-state index in [9.17, 15) is 9.50 Å². The number of aliphatic hydroxyl groups excluding tert-OH is 1. The van der Waals surface area contributed by atoms with Crippen molar-refractivity contribution in [3.05, 3.63) is 57.0 Å². The molecule has 0 radical (unpaired) electrons. The Bertz CT molecular complexity index is 504. The molecule has 0 amide bonds. The second kappa shape index (κ2) is 4.36. The first-order chi connectivity index (χ1) is 7.59. The molecule has 16 heavy (non-hydrogen) atoms. The van der Waals surface area contributed by atoms with Crippen LogP contribution in [0, 0.1) is 19.7 Å². The predicted molar refractivity (Wildman–Crippen MR) is 64.3 cm³/mol. The van der Waals surface area contributed by atoms with Crippen molar-refractivity contribution in [3.63, 3.8) is 0 Å². The van der Waals surface area contributed by atoms with Crippen molar-refractivity contribution in [2.45, 2.75) is 20.0 Å². The first-order valence-corrected chi connectivity index (χ1v) is 6.00. The molecular weight excluding hydrogens is 223 g/mol. The molecule has 0 bridgehead atoms. The van der Waals surface area contributed by atoms with E-state index in [1.54, 1.807) is 12.1 Å². The highest BCUT2D eigenvalue weighted by atomic mass is 32.1. The summed E-state index contributed by atoms with van der Waals surface area (Å²) in [5, 5.41) is 13.9. The summed E-state index contributed by atoms with van der Waals surface area (Å²) in [5.74, 6) is -0.358. The molecule has 1 nitrogen and oxygen atoms in total. The molecule has 1 atom stereocenters. The van der Waals surface area contributed by atoms with Crippen molar-refractivity contribution >= 4 is 11.3 Å². The lowest BCUT2D eigenvalue weighted by Gasteiger charge is -2.12. The van der Waals surface area contributed by atoms with Crippen molar-refractivity contribution in [3.8, 4) is 0 Å². The molecule has 3 heteroatoms. The normalized spacial score (nSPS) is 12.8. The number of hydrogen-bond acceptors (Lipinski definition) is 2. The summed E-state index contributed by atoms with van der Waals surface area (Å²) in [7, 11) is 0. The fourth-order valence-electron chi connectivity index (χ4n) is 1.69. The molecule has 0 spiro atoms. The highest BCUT2D eigenvalue weighted by Gasteiger charge is 2.17. The standard InChI is InChI=1S/C13H13FOS/c1-8-3-4-12(14)10(5-8)13(15)11-7-16-6-9(11)2/h3-7,13,15H,1-2H3. The Hall–Kier alpha value is -1.19. The molecule has 0 aliphatic carbocycles. The fourth-order valence-corrected chi connectivity index (χ4v) is 2.56. The molecule has 84 valence electrons. The van der Waals surface area contributed by atoms with Crippen molar-refractivity contribution in [2.24, 2.45) is 0 Å². The number of hydrogen-bond donors (Lipinski definition) is 1. The third-order valence-corrected chi connectivity index (χ3v) is 3.52. The Morgan fingerprint density at radius 1 is 1.19 bits per heavy atom. The van der Waals surface area contributed by atoms with E-state index in [0.717, 1.165) is 16.7 Å². The minimum atomic E-state index is -0.869. The van der Waals surface area contributed by atoms with Gasteiger partial charge in [0.05, 0.1) is 0 Å². The minimum Gasteiger partial charge on any atom is -0.384 e. The lowest BCUT2D eigenvalue weighted by Crippen LogP contribution is -2.03. The van der Waals surface area contributed by atoms with E-state index in [1.165, 1.54) is 17.4 Å². The van der Waals surface area contributed by atoms with Crippen LogP contribution in [0.1, 0.15) is 28.4 Å². The van der Waals surface area contributed by atoms with Crippen LogP contribution in [-0.2, 0) is 0 Å². The van der Waals surface area contributed by atoms with Gasteiger partial charge in [-0.1, -0.05) is 17.7 Å². The average Bonchev–Trinajstić information content (AvgIpc) is 2.67. The predicted octanol–water partition coefficient (Wildman–Crippen LogP) is 3.59. The molecule has 0 fully saturated rings. The van der Waals surface area contributed by atoms with Gasteiger partial charge in [0, 0.05) is 5.56 Å². The summed E-state index contributed by atoms with van der Waals surface area (Å²) < 4.78 is 13.6. The van der Waals surface area contributed by atoms with Crippen LogP contribution in [0.5, 0.6) is 0 Å². The number of rotatable bonds is 2. The van der Waals surface area contributed by atoms with Gasteiger partial charge in [-0.05, 0) is 41.8 Å². The lowest BCUT2D eigenvalue weighted by molar-refractivity contribution is 0.214. The van der Waals surface area contributed by atoms with Crippen LogP contribution in [0.25, 0.3) is 0 Å². The Morgan fingerprint density at radius 3 is 2.56 bits per heavy atom. The van der Waals surface area contributed by atoms with Gasteiger partial charge in [0.15, 0.2) is 0 Å². The van der Waals surface area contributed by atoms with Crippen molar-refractivity contribution in [1.29, 1.82) is 0 Å². The van der Waals surface area contributed by atoms with Gasteiger partial charge in [-0.25, -0.2) is 4.39 Å². The van der Waals surface area contributed by atoms with Gasteiger partial charge < -0.3 is 5.11 Å². The molecule has 1 heterocycles. The molecule has 0 saturated heterocycles. The smallest absolute Gasteiger partial charge is 0.129 e. The zero-order valence-corrected chi connectivity index (χ0v) is 10.0. The van der Waals surface area contributed by atoms with E-state index >= 15 is 0 Å². The van der Waals surface area contributed by atoms with E-state index in [2.05, 4.69) is 0 Å². The van der Waals surface area contributed by atoms with Gasteiger partial charge in [-0.3, -0.25) is 0 Å². The fraction of sp³-hybridized carbons (Fsp3) is 0.231. The zero-order valence-electron chi connectivity index (χ0n) is 9.20. The van der Waals surface area contributed by atoms with Crippen LogP contribution in [0.15, 0.2) is 29.0 Å². The molecule has 0 aliphatic rings. The number of halogens is 1. The second-order valence-electron chi connectivity index (χ2n) is 3.94. The van der Waals surface area contributed by atoms with E-state index < -0.39 is 6.10 Å². The molecule has 0 saturated carbocycles. The number of aliphatic hydroxyl groups is 1. The Morgan fingerprint density at radius 2 is 1.94 bits per heavy atom. The van der Waals surface area contributed by atoms with Gasteiger partial charge in [0.25, 0.3) is 0 Å². The van der Waals surface area contributed by atoms with Crippen LogP contribution in [0.3, 0.4) is 0 Å². The maximum atomic E-state index is 13.6.